The lowest BCUT2D eigenvalue weighted by atomic mass is 10.1. The highest BCUT2D eigenvalue weighted by molar-refractivity contribution is 5.91. The Balaban J connectivity index is 0.000000873. The van der Waals surface area contributed by atoms with Gasteiger partial charge in [-0.05, 0) is 18.6 Å². The number of aryl methyl sites for hydroxylation is 1. The largest absolute Gasteiger partial charge is 0.416 e. The topological polar surface area (TPSA) is 56.0 Å². The SMILES string of the molecule is CCC.CCc1cc(C(F)(F)F)cc(C(N)=O)n1. The van der Waals surface area contributed by atoms with Crippen LogP contribution >= 0.6 is 0 Å². The van der Waals surface area contributed by atoms with Crippen LogP contribution in [0, 0.1) is 0 Å². The van der Waals surface area contributed by atoms with Gasteiger partial charge >= 0.3 is 6.18 Å². The minimum Gasteiger partial charge on any atom is -0.364 e. The molecule has 0 fully saturated rings. The summed E-state index contributed by atoms with van der Waals surface area (Å²) in [5.74, 6) is -0.962. The van der Waals surface area contributed by atoms with Gasteiger partial charge in [0, 0.05) is 5.69 Å². The first kappa shape index (κ1) is 16.4. The monoisotopic (exact) mass is 262 g/mol. The number of aromatic nitrogens is 1. The number of rotatable bonds is 2. The molecule has 0 bridgehead atoms. The third-order valence-electron chi connectivity index (χ3n) is 1.82. The highest BCUT2D eigenvalue weighted by Crippen LogP contribution is 2.29. The van der Waals surface area contributed by atoms with Crippen LogP contribution in [0.2, 0.25) is 0 Å². The molecular weight excluding hydrogens is 245 g/mol. The van der Waals surface area contributed by atoms with Crippen LogP contribution in [-0.2, 0) is 12.6 Å². The van der Waals surface area contributed by atoms with E-state index in [9.17, 15) is 18.0 Å². The van der Waals surface area contributed by atoms with Gasteiger partial charge in [0.1, 0.15) is 5.69 Å². The van der Waals surface area contributed by atoms with E-state index in [0.29, 0.717) is 12.5 Å². The maximum atomic E-state index is 12.4. The minimum absolute atomic E-state index is 0.193. The standard InChI is InChI=1S/C9H9F3N2O.C3H8/c1-2-6-3-5(9(10,11)12)4-7(14-6)8(13)15;1-3-2/h3-4H,2H2,1H3,(H2,13,15);3H2,1-2H3. The van der Waals surface area contributed by atoms with Crippen molar-refractivity contribution in [1.29, 1.82) is 0 Å². The van der Waals surface area contributed by atoms with Crippen molar-refractivity contribution in [3.05, 3.63) is 29.1 Å². The van der Waals surface area contributed by atoms with E-state index in [1.54, 1.807) is 6.92 Å². The molecule has 0 aliphatic carbocycles. The highest BCUT2D eigenvalue weighted by atomic mass is 19.4. The van der Waals surface area contributed by atoms with Crippen LogP contribution in [-0.4, -0.2) is 10.9 Å². The summed E-state index contributed by atoms with van der Waals surface area (Å²) < 4.78 is 37.1. The number of amides is 1. The van der Waals surface area contributed by atoms with Crippen LogP contribution < -0.4 is 5.73 Å². The molecule has 1 aromatic rings. The molecular formula is C12H17F3N2O. The molecule has 0 saturated heterocycles. The Labute approximate surface area is 104 Å². The van der Waals surface area contributed by atoms with E-state index in [1.807, 2.05) is 0 Å². The fourth-order valence-corrected chi connectivity index (χ4v) is 1.06. The number of nitrogens with two attached hydrogens (primary N) is 1. The van der Waals surface area contributed by atoms with E-state index in [-0.39, 0.29) is 11.4 Å². The summed E-state index contributed by atoms with van der Waals surface area (Å²) in [7, 11) is 0. The Morgan fingerprint density at radius 3 is 2.11 bits per heavy atom. The van der Waals surface area contributed by atoms with Crippen molar-refractivity contribution in [2.45, 2.75) is 39.8 Å². The van der Waals surface area contributed by atoms with Crippen LogP contribution in [0.4, 0.5) is 13.2 Å². The van der Waals surface area contributed by atoms with E-state index in [0.717, 1.165) is 6.07 Å². The third kappa shape index (κ3) is 5.16. The first-order valence-corrected chi connectivity index (χ1v) is 5.64. The summed E-state index contributed by atoms with van der Waals surface area (Å²) in [6.07, 6.45) is -2.93. The zero-order chi connectivity index (χ0) is 14.3. The molecule has 0 spiro atoms. The zero-order valence-corrected chi connectivity index (χ0v) is 10.6. The molecule has 18 heavy (non-hydrogen) atoms. The van der Waals surface area contributed by atoms with Gasteiger partial charge in [-0.25, -0.2) is 4.98 Å². The average Bonchev–Trinajstić information content (AvgIpc) is 2.28. The molecule has 1 amide bonds. The molecule has 0 saturated carbocycles. The molecule has 0 aliphatic heterocycles. The number of hydrogen-bond donors (Lipinski definition) is 1. The predicted octanol–water partition coefficient (Wildman–Crippen LogP) is 3.18. The van der Waals surface area contributed by atoms with Crippen LogP contribution in [0.1, 0.15) is 48.9 Å². The normalized spacial score (nSPS) is 10.6. The quantitative estimate of drug-likeness (QED) is 0.889. The molecule has 2 N–H and O–H groups in total. The van der Waals surface area contributed by atoms with Crippen molar-refractivity contribution < 1.29 is 18.0 Å². The molecule has 102 valence electrons. The number of halogens is 3. The van der Waals surface area contributed by atoms with Gasteiger partial charge in [0.15, 0.2) is 0 Å². The number of carbonyl (C=O) groups excluding carboxylic acids is 1. The van der Waals surface area contributed by atoms with Crippen molar-refractivity contribution >= 4 is 5.91 Å². The molecule has 6 heteroatoms. The molecule has 0 atom stereocenters. The number of primary amides is 1. The number of carbonyl (C=O) groups is 1. The zero-order valence-electron chi connectivity index (χ0n) is 10.6. The molecule has 3 nitrogen and oxygen atoms in total. The number of alkyl halides is 3. The Kier molecular flexibility index (Phi) is 6.36. The van der Waals surface area contributed by atoms with Gasteiger partial charge < -0.3 is 5.73 Å². The van der Waals surface area contributed by atoms with Gasteiger partial charge in [-0.3, -0.25) is 4.79 Å². The Morgan fingerprint density at radius 1 is 1.28 bits per heavy atom. The van der Waals surface area contributed by atoms with Gasteiger partial charge in [-0.1, -0.05) is 27.2 Å². The van der Waals surface area contributed by atoms with E-state index < -0.39 is 17.6 Å². The number of nitrogens with zero attached hydrogens (tertiary/aromatic N) is 1. The lowest BCUT2D eigenvalue weighted by Crippen LogP contribution is -2.16. The molecule has 0 radical (unpaired) electrons. The van der Waals surface area contributed by atoms with Crippen LogP contribution in [0.3, 0.4) is 0 Å². The summed E-state index contributed by atoms with van der Waals surface area (Å²) >= 11 is 0. The van der Waals surface area contributed by atoms with Gasteiger partial charge in [0.05, 0.1) is 5.56 Å². The van der Waals surface area contributed by atoms with Crippen LogP contribution in [0.25, 0.3) is 0 Å². The van der Waals surface area contributed by atoms with Gasteiger partial charge in [-0.2, -0.15) is 13.2 Å². The second kappa shape index (κ2) is 6.98. The summed E-state index contributed by atoms with van der Waals surface area (Å²) in [6, 6.07) is 1.56. The lowest BCUT2D eigenvalue weighted by Gasteiger charge is -2.09. The second-order valence-corrected chi connectivity index (χ2v) is 3.66. The summed E-state index contributed by atoms with van der Waals surface area (Å²) in [5.41, 5.74) is 3.81. The predicted molar refractivity (Wildman–Crippen MR) is 63.1 cm³/mol. The Morgan fingerprint density at radius 2 is 1.78 bits per heavy atom. The second-order valence-electron chi connectivity index (χ2n) is 3.66. The third-order valence-corrected chi connectivity index (χ3v) is 1.82. The maximum absolute atomic E-state index is 12.4. The smallest absolute Gasteiger partial charge is 0.364 e. The molecule has 0 unspecified atom stereocenters. The first-order chi connectivity index (χ1) is 8.26. The Bertz CT molecular complexity index is 403. The van der Waals surface area contributed by atoms with Gasteiger partial charge in [0.25, 0.3) is 5.91 Å². The van der Waals surface area contributed by atoms with Crippen LogP contribution in [0.5, 0.6) is 0 Å². The van der Waals surface area contributed by atoms with Crippen LogP contribution in [0.15, 0.2) is 12.1 Å². The molecule has 0 aromatic carbocycles. The molecule has 0 aliphatic rings. The van der Waals surface area contributed by atoms with E-state index >= 15 is 0 Å². The maximum Gasteiger partial charge on any atom is 0.416 e. The average molecular weight is 262 g/mol. The van der Waals surface area contributed by atoms with E-state index in [4.69, 9.17) is 5.73 Å². The summed E-state index contributed by atoms with van der Waals surface area (Å²) in [5, 5.41) is 0. The summed E-state index contributed by atoms with van der Waals surface area (Å²) in [4.78, 5) is 14.4. The molecule has 1 aromatic heterocycles. The van der Waals surface area contributed by atoms with E-state index in [1.165, 1.54) is 6.42 Å². The van der Waals surface area contributed by atoms with Crippen molar-refractivity contribution in [2.24, 2.45) is 5.73 Å². The number of pyridine rings is 1. The van der Waals surface area contributed by atoms with Crippen molar-refractivity contribution in [3.63, 3.8) is 0 Å². The Hall–Kier alpha value is -1.59. The van der Waals surface area contributed by atoms with E-state index in [2.05, 4.69) is 18.8 Å². The lowest BCUT2D eigenvalue weighted by molar-refractivity contribution is -0.137. The molecule has 1 heterocycles. The van der Waals surface area contributed by atoms with Crippen molar-refractivity contribution in [2.75, 3.05) is 0 Å². The van der Waals surface area contributed by atoms with Crippen molar-refractivity contribution in [3.8, 4) is 0 Å². The highest BCUT2D eigenvalue weighted by Gasteiger charge is 2.31. The van der Waals surface area contributed by atoms with Crippen molar-refractivity contribution in [1.82, 2.24) is 4.98 Å². The first-order valence-electron chi connectivity index (χ1n) is 5.64. The molecule has 1 rings (SSSR count). The fourth-order valence-electron chi connectivity index (χ4n) is 1.06. The minimum atomic E-state index is -4.49. The fraction of sp³-hybridized carbons (Fsp3) is 0.500. The van der Waals surface area contributed by atoms with Gasteiger partial charge in [0.2, 0.25) is 0 Å². The summed E-state index contributed by atoms with van der Waals surface area (Å²) in [6.45, 7) is 5.90. The number of hydrogen-bond acceptors (Lipinski definition) is 2. The van der Waals surface area contributed by atoms with Gasteiger partial charge in [-0.15, -0.1) is 0 Å².